The molecule has 10 heteroatoms. The molecular weight excluding hydrogens is 394 g/mol. The zero-order valence-corrected chi connectivity index (χ0v) is 16.6. The van der Waals surface area contributed by atoms with Crippen LogP contribution in [0.5, 0.6) is 5.75 Å². The van der Waals surface area contributed by atoms with E-state index < -0.39 is 35.4 Å². The molecule has 2 aromatic rings. The van der Waals surface area contributed by atoms with Gasteiger partial charge in [0.25, 0.3) is 17.5 Å². The Labute approximate surface area is 172 Å². The van der Waals surface area contributed by atoms with Crippen molar-refractivity contribution in [2.24, 2.45) is 0 Å². The first-order valence-corrected chi connectivity index (χ1v) is 8.89. The summed E-state index contributed by atoms with van der Waals surface area (Å²) >= 11 is 0. The summed E-state index contributed by atoms with van der Waals surface area (Å²) in [5.74, 6) is -1.82. The van der Waals surface area contributed by atoms with Crippen molar-refractivity contribution in [1.82, 2.24) is 5.32 Å². The van der Waals surface area contributed by atoms with Gasteiger partial charge in [-0.3, -0.25) is 24.5 Å². The lowest BCUT2D eigenvalue weighted by molar-refractivity contribution is -0.384. The fourth-order valence-electron chi connectivity index (χ4n) is 2.46. The summed E-state index contributed by atoms with van der Waals surface area (Å²) in [5, 5.41) is 15.7. The van der Waals surface area contributed by atoms with Gasteiger partial charge in [-0.25, -0.2) is 0 Å². The first kappa shape index (κ1) is 22.3. The summed E-state index contributed by atoms with van der Waals surface area (Å²) in [5.41, 5.74) is 1.29. The smallest absolute Gasteiger partial charge is 0.326 e. The molecule has 0 aliphatic heterocycles. The lowest BCUT2D eigenvalue weighted by atomic mass is 10.1. The van der Waals surface area contributed by atoms with Crippen molar-refractivity contribution >= 4 is 29.2 Å². The monoisotopic (exact) mass is 415 g/mol. The Balaban J connectivity index is 1.90. The van der Waals surface area contributed by atoms with Crippen LogP contribution in [0.2, 0.25) is 0 Å². The van der Waals surface area contributed by atoms with Gasteiger partial charge < -0.3 is 20.1 Å². The Morgan fingerprint density at radius 1 is 1.17 bits per heavy atom. The first-order valence-electron chi connectivity index (χ1n) is 8.89. The average molecular weight is 415 g/mol. The number of methoxy groups -OCH3 is 1. The predicted molar refractivity (Wildman–Crippen MR) is 107 cm³/mol. The SMILES string of the molecule is COc1cc([N+](=O)[O-])ccc1NC(=O)[C@@H](C)OC(=O)CNC(=O)c1cccc(C)c1. The number of hydrogen-bond acceptors (Lipinski definition) is 7. The minimum Gasteiger partial charge on any atom is -0.494 e. The number of nitro benzene ring substituents is 1. The number of carbonyl (C=O) groups excluding carboxylic acids is 3. The summed E-state index contributed by atoms with van der Waals surface area (Å²) in [6, 6.07) is 10.5. The summed E-state index contributed by atoms with van der Waals surface area (Å²) in [7, 11) is 1.30. The number of non-ortho nitro benzene ring substituents is 1. The maximum absolute atomic E-state index is 12.3. The van der Waals surface area contributed by atoms with Crippen molar-refractivity contribution in [2.45, 2.75) is 20.0 Å². The maximum Gasteiger partial charge on any atom is 0.326 e. The van der Waals surface area contributed by atoms with Crippen LogP contribution in [0, 0.1) is 17.0 Å². The van der Waals surface area contributed by atoms with E-state index >= 15 is 0 Å². The van der Waals surface area contributed by atoms with E-state index in [2.05, 4.69) is 10.6 Å². The largest absolute Gasteiger partial charge is 0.494 e. The summed E-state index contributed by atoms with van der Waals surface area (Å²) in [6.07, 6.45) is -1.17. The van der Waals surface area contributed by atoms with Crippen molar-refractivity contribution in [3.05, 3.63) is 63.7 Å². The second-order valence-electron chi connectivity index (χ2n) is 6.32. The number of nitrogens with one attached hydrogen (secondary N) is 2. The Hall–Kier alpha value is -3.95. The molecule has 0 saturated carbocycles. The van der Waals surface area contributed by atoms with Crippen molar-refractivity contribution < 1.29 is 28.8 Å². The van der Waals surface area contributed by atoms with Crippen molar-refractivity contribution in [3.63, 3.8) is 0 Å². The van der Waals surface area contributed by atoms with Gasteiger partial charge in [-0.15, -0.1) is 0 Å². The highest BCUT2D eigenvalue weighted by molar-refractivity contribution is 5.98. The van der Waals surface area contributed by atoms with Gasteiger partial charge in [-0.2, -0.15) is 0 Å². The number of anilines is 1. The third-order valence-corrected chi connectivity index (χ3v) is 4.00. The van der Waals surface area contributed by atoms with E-state index in [1.54, 1.807) is 18.2 Å². The number of amides is 2. The van der Waals surface area contributed by atoms with Gasteiger partial charge >= 0.3 is 5.97 Å². The molecule has 2 amide bonds. The minimum absolute atomic E-state index is 0.0847. The molecule has 0 bridgehead atoms. The molecule has 0 fully saturated rings. The van der Waals surface area contributed by atoms with E-state index in [4.69, 9.17) is 9.47 Å². The van der Waals surface area contributed by atoms with Gasteiger partial charge in [0.2, 0.25) is 0 Å². The molecule has 0 radical (unpaired) electrons. The third kappa shape index (κ3) is 6.03. The van der Waals surface area contributed by atoms with Gasteiger partial charge in [0, 0.05) is 11.6 Å². The number of ether oxygens (including phenoxy) is 2. The number of nitro groups is 1. The second-order valence-corrected chi connectivity index (χ2v) is 6.32. The highest BCUT2D eigenvalue weighted by Crippen LogP contribution is 2.29. The van der Waals surface area contributed by atoms with Crippen LogP contribution in [0.1, 0.15) is 22.8 Å². The highest BCUT2D eigenvalue weighted by atomic mass is 16.6. The Bertz CT molecular complexity index is 975. The van der Waals surface area contributed by atoms with E-state index in [9.17, 15) is 24.5 Å². The van der Waals surface area contributed by atoms with Crippen LogP contribution in [-0.4, -0.2) is 42.5 Å². The zero-order chi connectivity index (χ0) is 22.3. The van der Waals surface area contributed by atoms with Crippen molar-refractivity contribution in [1.29, 1.82) is 0 Å². The van der Waals surface area contributed by atoms with Crippen LogP contribution >= 0.6 is 0 Å². The summed E-state index contributed by atoms with van der Waals surface area (Å²) in [4.78, 5) is 46.5. The molecule has 0 saturated heterocycles. The number of rotatable bonds is 8. The van der Waals surface area contributed by atoms with E-state index in [1.165, 1.54) is 26.2 Å². The van der Waals surface area contributed by atoms with Crippen molar-refractivity contribution in [3.8, 4) is 5.75 Å². The lowest BCUT2D eigenvalue weighted by Gasteiger charge is -2.15. The normalized spacial score (nSPS) is 11.2. The van der Waals surface area contributed by atoms with E-state index in [0.717, 1.165) is 11.6 Å². The molecule has 0 heterocycles. The molecule has 0 unspecified atom stereocenters. The Kier molecular flexibility index (Phi) is 7.45. The van der Waals surface area contributed by atoms with Crippen LogP contribution < -0.4 is 15.4 Å². The molecule has 2 N–H and O–H groups in total. The standard InChI is InChI=1S/C20H21N3O7/c1-12-5-4-6-14(9-12)20(26)21-11-18(24)30-13(2)19(25)22-16-8-7-15(23(27)28)10-17(16)29-3/h4-10,13H,11H2,1-3H3,(H,21,26)(H,22,25)/t13-/m1/s1. The molecule has 0 spiro atoms. The van der Waals surface area contributed by atoms with Gasteiger partial charge in [-0.1, -0.05) is 17.7 Å². The fraction of sp³-hybridized carbons (Fsp3) is 0.250. The van der Waals surface area contributed by atoms with E-state index in [1.807, 2.05) is 13.0 Å². The van der Waals surface area contributed by atoms with Gasteiger partial charge in [0.05, 0.1) is 23.8 Å². The summed E-state index contributed by atoms with van der Waals surface area (Å²) < 4.78 is 10.1. The van der Waals surface area contributed by atoms with Crippen molar-refractivity contribution in [2.75, 3.05) is 19.0 Å². The van der Waals surface area contributed by atoms with Crippen LogP contribution in [0.25, 0.3) is 0 Å². The third-order valence-electron chi connectivity index (χ3n) is 4.00. The Morgan fingerprint density at radius 2 is 1.90 bits per heavy atom. The second kappa shape index (κ2) is 10.0. The lowest BCUT2D eigenvalue weighted by Crippen LogP contribution is -2.35. The minimum atomic E-state index is -1.17. The molecule has 158 valence electrons. The van der Waals surface area contributed by atoms with Crippen LogP contribution in [0.15, 0.2) is 42.5 Å². The zero-order valence-electron chi connectivity index (χ0n) is 16.6. The maximum atomic E-state index is 12.3. The molecule has 0 aliphatic rings. The predicted octanol–water partition coefficient (Wildman–Crippen LogP) is 2.21. The molecule has 2 rings (SSSR count). The average Bonchev–Trinajstić information content (AvgIpc) is 2.71. The number of esters is 1. The van der Waals surface area contributed by atoms with Crippen LogP contribution in [0.3, 0.4) is 0 Å². The number of hydrogen-bond donors (Lipinski definition) is 2. The number of carbonyl (C=O) groups is 3. The van der Waals surface area contributed by atoms with Gasteiger partial charge in [0.1, 0.15) is 12.3 Å². The van der Waals surface area contributed by atoms with E-state index in [0.29, 0.717) is 5.56 Å². The topological polar surface area (TPSA) is 137 Å². The molecule has 0 aromatic heterocycles. The number of benzene rings is 2. The van der Waals surface area contributed by atoms with Crippen LogP contribution in [0.4, 0.5) is 11.4 Å². The molecule has 2 aromatic carbocycles. The molecule has 0 aliphatic carbocycles. The molecule has 10 nitrogen and oxygen atoms in total. The van der Waals surface area contributed by atoms with Gasteiger partial charge in [0.15, 0.2) is 6.10 Å². The van der Waals surface area contributed by atoms with Gasteiger partial charge in [-0.05, 0) is 32.0 Å². The number of aryl methyl sites for hydroxylation is 1. The fourth-order valence-corrected chi connectivity index (χ4v) is 2.46. The quantitative estimate of drug-likeness (QED) is 0.383. The number of nitrogens with zero attached hydrogens (tertiary/aromatic N) is 1. The summed E-state index contributed by atoms with van der Waals surface area (Å²) in [6.45, 7) is 2.78. The van der Waals surface area contributed by atoms with E-state index in [-0.39, 0.29) is 17.1 Å². The Morgan fingerprint density at radius 3 is 2.53 bits per heavy atom. The molecule has 1 atom stereocenters. The highest BCUT2D eigenvalue weighted by Gasteiger charge is 2.21. The molecule has 30 heavy (non-hydrogen) atoms. The van der Waals surface area contributed by atoms with Crippen LogP contribution in [-0.2, 0) is 14.3 Å². The molecular formula is C20H21N3O7. The first-order chi connectivity index (χ1) is 14.2.